The molecule has 3 heteroatoms. The number of fused-ring (bicyclic) bond motifs is 3. The first kappa shape index (κ1) is 10.1. The van der Waals surface area contributed by atoms with Crippen LogP contribution in [0.4, 0.5) is 13.2 Å². The Morgan fingerprint density at radius 3 is 2.18 bits per heavy atom. The smallest absolute Gasteiger partial charge is 0.166 e. The zero-order valence-corrected chi connectivity index (χ0v) is 8.68. The molecule has 0 nitrogen and oxygen atoms in total. The van der Waals surface area contributed by atoms with Crippen LogP contribution >= 0.6 is 0 Å². The molecule has 0 fully saturated rings. The normalized spacial score (nSPS) is 11.2. The molecule has 3 aromatic carbocycles. The third-order valence-electron chi connectivity index (χ3n) is 2.87. The molecule has 0 spiro atoms. The number of hydrogen-bond donors (Lipinski definition) is 0. The maximum absolute atomic E-state index is 13.6. The van der Waals surface area contributed by atoms with Gasteiger partial charge in [-0.3, -0.25) is 0 Å². The molecule has 3 rings (SSSR count). The summed E-state index contributed by atoms with van der Waals surface area (Å²) in [5.41, 5.74) is 0. The molecule has 17 heavy (non-hydrogen) atoms. The van der Waals surface area contributed by atoms with Crippen LogP contribution in [0, 0.1) is 17.5 Å². The number of halogens is 3. The van der Waals surface area contributed by atoms with Crippen molar-refractivity contribution in [1.29, 1.82) is 0 Å². The summed E-state index contributed by atoms with van der Waals surface area (Å²) in [7, 11) is 0. The molecule has 0 unspecified atom stereocenters. The second kappa shape index (κ2) is 3.48. The minimum absolute atomic E-state index is 0.212. The van der Waals surface area contributed by atoms with Gasteiger partial charge in [-0.1, -0.05) is 24.3 Å². The number of hydrogen-bond acceptors (Lipinski definition) is 0. The minimum Gasteiger partial charge on any atom is -0.207 e. The van der Waals surface area contributed by atoms with Gasteiger partial charge in [-0.2, -0.15) is 0 Å². The highest BCUT2D eigenvalue weighted by atomic mass is 19.2. The van der Waals surface area contributed by atoms with E-state index in [1.165, 1.54) is 24.3 Å². The van der Waals surface area contributed by atoms with Crippen molar-refractivity contribution in [1.82, 2.24) is 0 Å². The Morgan fingerprint density at radius 2 is 1.35 bits per heavy atom. The summed E-state index contributed by atoms with van der Waals surface area (Å²) in [5.74, 6) is -2.09. The van der Waals surface area contributed by atoms with Crippen molar-refractivity contribution in [2.45, 2.75) is 0 Å². The standard InChI is InChI=1S/C14H7F3/c15-9-2-4-10-8(7-9)1-3-12-11(10)5-6-13(16)14(12)17/h1-7H. The van der Waals surface area contributed by atoms with Gasteiger partial charge in [0, 0.05) is 5.39 Å². The summed E-state index contributed by atoms with van der Waals surface area (Å²) >= 11 is 0. The van der Waals surface area contributed by atoms with E-state index >= 15 is 0 Å². The Balaban J connectivity index is 2.53. The van der Waals surface area contributed by atoms with Crippen LogP contribution in [0.5, 0.6) is 0 Å². The summed E-state index contributed by atoms with van der Waals surface area (Å²) in [6.45, 7) is 0. The molecule has 0 aliphatic rings. The first-order chi connectivity index (χ1) is 8.16. The van der Waals surface area contributed by atoms with Crippen molar-refractivity contribution in [2.24, 2.45) is 0 Å². The van der Waals surface area contributed by atoms with Gasteiger partial charge in [-0.15, -0.1) is 0 Å². The van der Waals surface area contributed by atoms with Crippen LogP contribution in [-0.2, 0) is 0 Å². The lowest BCUT2D eigenvalue weighted by Crippen LogP contribution is -1.87. The molecule has 0 saturated carbocycles. The van der Waals surface area contributed by atoms with Gasteiger partial charge in [0.25, 0.3) is 0 Å². The first-order valence-corrected chi connectivity index (χ1v) is 5.13. The van der Waals surface area contributed by atoms with E-state index in [-0.39, 0.29) is 11.2 Å². The van der Waals surface area contributed by atoms with Crippen LogP contribution in [0.25, 0.3) is 21.5 Å². The van der Waals surface area contributed by atoms with Gasteiger partial charge >= 0.3 is 0 Å². The summed E-state index contributed by atoms with van der Waals surface area (Å²) in [6, 6.07) is 9.90. The molecule has 3 aromatic rings. The maximum atomic E-state index is 13.6. The topological polar surface area (TPSA) is 0 Å². The fourth-order valence-electron chi connectivity index (χ4n) is 2.05. The molecule has 84 valence electrons. The van der Waals surface area contributed by atoms with Crippen molar-refractivity contribution in [2.75, 3.05) is 0 Å². The number of rotatable bonds is 0. The van der Waals surface area contributed by atoms with Crippen molar-refractivity contribution >= 4 is 21.5 Å². The molecule has 0 amide bonds. The van der Waals surface area contributed by atoms with Crippen LogP contribution < -0.4 is 0 Å². The van der Waals surface area contributed by atoms with Crippen LogP contribution in [-0.4, -0.2) is 0 Å². The minimum atomic E-state index is -0.876. The maximum Gasteiger partial charge on any atom is 0.166 e. The first-order valence-electron chi connectivity index (χ1n) is 5.13. The van der Waals surface area contributed by atoms with Crippen molar-refractivity contribution in [3.63, 3.8) is 0 Å². The van der Waals surface area contributed by atoms with Gasteiger partial charge in [-0.25, -0.2) is 13.2 Å². The highest BCUT2D eigenvalue weighted by molar-refractivity contribution is 6.07. The SMILES string of the molecule is Fc1ccc2c(ccc3c(F)c(F)ccc32)c1. The van der Waals surface area contributed by atoms with E-state index in [0.717, 1.165) is 6.07 Å². The van der Waals surface area contributed by atoms with E-state index in [0.29, 0.717) is 16.2 Å². The Kier molecular flexibility index (Phi) is 2.08. The summed E-state index contributed by atoms with van der Waals surface area (Å²) in [4.78, 5) is 0. The molecule has 0 aliphatic carbocycles. The lowest BCUT2D eigenvalue weighted by atomic mass is 10.0. The molecule has 0 atom stereocenters. The lowest BCUT2D eigenvalue weighted by Gasteiger charge is -2.05. The quantitative estimate of drug-likeness (QED) is 0.503. The van der Waals surface area contributed by atoms with E-state index in [9.17, 15) is 13.2 Å². The molecule has 0 saturated heterocycles. The Bertz CT molecular complexity index is 732. The Hall–Kier alpha value is -2.03. The van der Waals surface area contributed by atoms with E-state index in [1.807, 2.05) is 0 Å². The lowest BCUT2D eigenvalue weighted by molar-refractivity contribution is 0.517. The van der Waals surface area contributed by atoms with Gasteiger partial charge in [0.15, 0.2) is 11.6 Å². The van der Waals surface area contributed by atoms with Gasteiger partial charge in [0.2, 0.25) is 0 Å². The fourth-order valence-corrected chi connectivity index (χ4v) is 2.05. The van der Waals surface area contributed by atoms with Crippen LogP contribution in [0.3, 0.4) is 0 Å². The van der Waals surface area contributed by atoms with Gasteiger partial charge in [-0.05, 0) is 34.4 Å². The largest absolute Gasteiger partial charge is 0.207 e. The predicted octanol–water partition coefficient (Wildman–Crippen LogP) is 4.41. The molecular formula is C14H7F3. The molecule has 0 aromatic heterocycles. The average molecular weight is 232 g/mol. The fraction of sp³-hybridized carbons (Fsp3) is 0. The predicted molar refractivity (Wildman–Crippen MR) is 61.3 cm³/mol. The molecule has 0 heterocycles. The van der Waals surface area contributed by atoms with Gasteiger partial charge < -0.3 is 0 Å². The molecule has 0 N–H and O–H groups in total. The zero-order valence-electron chi connectivity index (χ0n) is 8.68. The van der Waals surface area contributed by atoms with Crippen LogP contribution in [0.1, 0.15) is 0 Å². The zero-order chi connectivity index (χ0) is 12.0. The third kappa shape index (κ3) is 1.46. The van der Waals surface area contributed by atoms with Gasteiger partial charge in [0.05, 0.1) is 0 Å². The highest BCUT2D eigenvalue weighted by Crippen LogP contribution is 2.28. The van der Waals surface area contributed by atoms with Crippen molar-refractivity contribution in [3.8, 4) is 0 Å². The monoisotopic (exact) mass is 232 g/mol. The van der Waals surface area contributed by atoms with Crippen LogP contribution in [0.2, 0.25) is 0 Å². The second-order valence-corrected chi connectivity index (χ2v) is 3.89. The highest BCUT2D eigenvalue weighted by Gasteiger charge is 2.09. The summed E-state index contributed by atoms with van der Waals surface area (Å²) in [5, 5.41) is 2.18. The summed E-state index contributed by atoms with van der Waals surface area (Å²) in [6.07, 6.45) is 0. The molecule has 0 bridgehead atoms. The Labute approximate surface area is 95.3 Å². The van der Waals surface area contributed by atoms with Crippen molar-refractivity contribution in [3.05, 3.63) is 59.9 Å². The number of benzene rings is 3. The van der Waals surface area contributed by atoms with Crippen molar-refractivity contribution < 1.29 is 13.2 Å². The summed E-state index contributed by atoms with van der Waals surface area (Å²) < 4.78 is 39.7. The molecule has 0 radical (unpaired) electrons. The van der Waals surface area contributed by atoms with E-state index < -0.39 is 11.6 Å². The van der Waals surface area contributed by atoms with Gasteiger partial charge in [0.1, 0.15) is 5.82 Å². The van der Waals surface area contributed by atoms with E-state index in [4.69, 9.17) is 0 Å². The molecular weight excluding hydrogens is 225 g/mol. The Morgan fingerprint density at radius 1 is 0.647 bits per heavy atom. The molecule has 0 aliphatic heterocycles. The average Bonchev–Trinajstić information content (AvgIpc) is 2.33. The van der Waals surface area contributed by atoms with E-state index in [2.05, 4.69) is 0 Å². The third-order valence-corrected chi connectivity index (χ3v) is 2.87. The second-order valence-electron chi connectivity index (χ2n) is 3.89. The van der Waals surface area contributed by atoms with Crippen LogP contribution in [0.15, 0.2) is 42.5 Å². The van der Waals surface area contributed by atoms with E-state index in [1.54, 1.807) is 12.1 Å².